The monoisotopic (exact) mass is 354 g/mol. The SMILES string of the molecule is C[C@H]1C[C@@H](CNC(=O)CNC(=O)Cc2cccc3ccccc23)CCO1. The van der Waals surface area contributed by atoms with E-state index in [4.69, 9.17) is 4.74 Å². The molecular weight excluding hydrogens is 328 g/mol. The molecule has 5 nitrogen and oxygen atoms in total. The molecular formula is C21H26N2O3. The largest absolute Gasteiger partial charge is 0.378 e. The zero-order valence-corrected chi connectivity index (χ0v) is 15.2. The summed E-state index contributed by atoms with van der Waals surface area (Å²) in [6.07, 6.45) is 2.46. The second kappa shape index (κ2) is 8.81. The first-order valence-electron chi connectivity index (χ1n) is 9.23. The first-order valence-corrected chi connectivity index (χ1v) is 9.23. The lowest BCUT2D eigenvalue weighted by Crippen LogP contribution is -2.40. The molecule has 1 fully saturated rings. The zero-order chi connectivity index (χ0) is 18.4. The molecule has 2 aromatic carbocycles. The van der Waals surface area contributed by atoms with Crippen molar-refractivity contribution in [3.8, 4) is 0 Å². The van der Waals surface area contributed by atoms with Crippen molar-refractivity contribution in [2.45, 2.75) is 32.3 Å². The van der Waals surface area contributed by atoms with E-state index in [-0.39, 0.29) is 30.9 Å². The Labute approximate surface area is 154 Å². The van der Waals surface area contributed by atoms with Crippen LogP contribution in [0.5, 0.6) is 0 Å². The number of nitrogens with one attached hydrogen (secondary N) is 2. The minimum atomic E-state index is -0.143. The number of benzene rings is 2. The smallest absolute Gasteiger partial charge is 0.239 e. The van der Waals surface area contributed by atoms with Crippen LogP contribution < -0.4 is 10.6 Å². The van der Waals surface area contributed by atoms with Gasteiger partial charge in [0, 0.05) is 13.2 Å². The Morgan fingerprint density at radius 3 is 2.73 bits per heavy atom. The van der Waals surface area contributed by atoms with Crippen LogP contribution in [-0.4, -0.2) is 37.6 Å². The van der Waals surface area contributed by atoms with Crippen molar-refractivity contribution in [3.63, 3.8) is 0 Å². The van der Waals surface area contributed by atoms with E-state index in [1.165, 1.54) is 0 Å². The van der Waals surface area contributed by atoms with Crippen LogP contribution in [0.3, 0.4) is 0 Å². The number of carbonyl (C=O) groups excluding carboxylic acids is 2. The molecule has 0 spiro atoms. The Morgan fingerprint density at radius 2 is 1.88 bits per heavy atom. The van der Waals surface area contributed by atoms with E-state index < -0.39 is 0 Å². The maximum atomic E-state index is 12.2. The summed E-state index contributed by atoms with van der Waals surface area (Å²) >= 11 is 0. The molecule has 1 aliphatic heterocycles. The summed E-state index contributed by atoms with van der Waals surface area (Å²) < 4.78 is 5.51. The van der Waals surface area contributed by atoms with Gasteiger partial charge in [0.15, 0.2) is 0 Å². The quantitative estimate of drug-likeness (QED) is 0.837. The highest BCUT2D eigenvalue weighted by Crippen LogP contribution is 2.19. The van der Waals surface area contributed by atoms with E-state index in [0.717, 1.165) is 35.8 Å². The third-order valence-electron chi connectivity index (χ3n) is 4.86. The molecule has 5 heteroatoms. The van der Waals surface area contributed by atoms with Crippen LogP contribution in [0.2, 0.25) is 0 Å². The Morgan fingerprint density at radius 1 is 1.08 bits per heavy atom. The second-order valence-electron chi connectivity index (χ2n) is 6.97. The fourth-order valence-corrected chi connectivity index (χ4v) is 3.46. The van der Waals surface area contributed by atoms with Gasteiger partial charge in [-0.2, -0.15) is 0 Å². The molecule has 3 rings (SSSR count). The maximum absolute atomic E-state index is 12.2. The number of rotatable bonds is 6. The van der Waals surface area contributed by atoms with E-state index in [1.807, 2.05) is 42.5 Å². The summed E-state index contributed by atoms with van der Waals surface area (Å²) in [6, 6.07) is 13.9. The first-order chi connectivity index (χ1) is 12.6. The van der Waals surface area contributed by atoms with Crippen molar-refractivity contribution in [2.75, 3.05) is 19.7 Å². The Balaban J connectivity index is 1.44. The van der Waals surface area contributed by atoms with Crippen molar-refractivity contribution in [1.82, 2.24) is 10.6 Å². The van der Waals surface area contributed by atoms with Crippen LogP contribution in [0, 0.1) is 5.92 Å². The van der Waals surface area contributed by atoms with Gasteiger partial charge in [-0.15, -0.1) is 0 Å². The van der Waals surface area contributed by atoms with Crippen molar-refractivity contribution in [1.29, 1.82) is 0 Å². The molecule has 2 N–H and O–H groups in total. The van der Waals surface area contributed by atoms with Gasteiger partial charge in [-0.1, -0.05) is 42.5 Å². The fourth-order valence-electron chi connectivity index (χ4n) is 3.46. The predicted molar refractivity (Wildman–Crippen MR) is 102 cm³/mol. The molecule has 1 saturated heterocycles. The van der Waals surface area contributed by atoms with Crippen LogP contribution in [0.1, 0.15) is 25.3 Å². The molecule has 1 heterocycles. The van der Waals surface area contributed by atoms with Gasteiger partial charge in [0.05, 0.1) is 19.1 Å². The Bertz CT molecular complexity index is 769. The average Bonchev–Trinajstić information content (AvgIpc) is 2.65. The summed E-state index contributed by atoms with van der Waals surface area (Å²) in [5.74, 6) is 0.167. The minimum absolute atomic E-state index is 0.0162. The standard InChI is InChI=1S/C21H26N2O3/c1-15-11-16(9-10-26-15)13-22-21(25)14-23-20(24)12-18-7-4-6-17-5-2-3-8-19(17)18/h2-8,15-16H,9-14H2,1H3,(H,22,25)(H,23,24)/t15-,16-/m0/s1. The number of carbonyl (C=O) groups is 2. The highest BCUT2D eigenvalue weighted by Gasteiger charge is 2.19. The van der Waals surface area contributed by atoms with Crippen LogP contribution in [0.15, 0.2) is 42.5 Å². The van der Waals surface area contributed by atoms with Gasteiger partial charge >= 0.3 is 0 Å². The minimum Gasteiger partial charge on any atom is -0.378 e. The first kappa shape index (κ1) is 18.4. The van der Waals surface area contributed by atoms with Crippen LogP contribution in [-0.2, 0) is 20.7 Å². The van der Waals surface area contributed by atoms with Crippen molar-refractivity contribution in [2.24, 2.45) is 5.92 Å². The zero-order valence-electron chi connectivity index (χ0n) is 15.2. The van der Waals surface area contributed by atoms with Gasteiger partial charge in [0.1, 0.15) is 0 Å². The summed E-state index contributed by atoms with van der Waals surface area (Å²) in [5.41, 5.74) is 0.970. The van der Waals surface area contributed by atoms with E-state index in [0.29, 0.717) is 12.5 Å². The van der Waals surface area contributed by atoms with E-state index in [1.54, 1.807) is 0 Å². The highest BCUT2D eigenvalue weighted by atomic mass is 16.5. The molecule has 1 aliphatic rings. The van der Waals surface area contributed by atoms with Gasteiger partial charge < -0.3 is 15.4 Å². The van der Waals surface area contributed by atoms with Crippen molar-refractivity contribution < 1.29 is 14.3 Å². The molecule has 2 aromatic rings. The van der Waals surface area contributed by atoms with E-state index >= 15 is 0 Å². The fraction of sp³-hybridized carbons (Fsp3) is 0.429. The second-order valence-corrected chi connectivity index (χ2v) is 6.97. The third-order valence-corrected chi connectivity index (χ3v) is 4.86. The number of hydrogen-bond donors (Lipinski definition) is 2. The van der Waals surface area contributed by atoms with Crippen LogP contribution >= 0.6 is 0 Å². The van der Waals surface area contributed by atoms with Crippen molar-refractivity contribution >= 4 is 22.6 Å². The highest BCUT2D eigenvalue weighted by molar-refractivity contribution is 5.91. The molecule has 0 saturated carbocycles. The topological polar surface area (TPSA) is 67.4 Å². The van der Waals surface area contributed by atoms with Gasteiger partial charge in [-0.05, 0) is 42.0 Å². The van der Waals surface area contributed by atoms with E-state index in [9.17, 15) is 9.59 Å². The average molecular weight is 354 g/mol. The number of fused-ring (bicyclic) bond motifs is 1. The number of amides is 2. The Kier molecular flexibility index (Phi) is 6.23. The molecule has 138 valence electrons. The molecule has 0 radical (unpaired) electrons. The molecule has 0 bridgehead atoms. The normalized spacial score (nSPS) is 19.9. The third kappa shape index (κ3) is 5.05. The predicted octanol–water partition coefficient (Wildman–Crippen LogP) is 2.43. The van der Waals surface area contributed by atoms with Gasteiger partial charge in [-0.3, -0.25) is 9.59 Å². The Hall–Kier alpha value is -2.40. The van der Waals surface area contributed by atoms with E-state index in [2.05, 4.69) is 17.6 Å². The number of ether oxygens (including phenoxy) is 1. The lowest BCUT2D eigenvalue weighted by molar-refractivity contribution is -0.126. The summed E-state index contributed by atoms with van der Waals surface area (Å²) in [4.78, 5) is 24.2. The summed E-state index contributed by atoms with van der Waals surface area (Å²) in [6.45, 7) is 3.47. The van der Waals surface area contributed by atoms with Gasteiger partial charge in [-0.25, -0.2) is 0 Å². The van der Waals surface area contributed by atoms with Crippen LogP contribution in [0.4, 0.5) is 0 Å². The van der Waals surface area contributed by atoms with Gasteiger partial charge in [0.2, 0.25) is 11.8 Å². The van der Waals surface area contributed by atoms with Gasteiger partial charge in [0.25, 0.3) is 0 Å². The van der Waals surface area contributed by atoms with Crippen molar-refractivity contribution in [3.05, 3.63) is 48.0 Å². The van der Waals surface area contributed by atoms with Crippen LogP contribution in [0.25, 0.3) is 10.8 Å². The summed E-state index contributed by atoms with van der Waals surface area (Å²) in [7, 11) is 0. The summed E-state index contributed by atoms with van der Waals surface area (Å²) in [5, 5.41) is 7.81. The number of hydrogen-bond acceptors (Lipinski definition) is 3. The molecule has 0 aliphatic carbocycles. The molecule has 2 atom stereocenters. The lowest BCUT2D eigenvalue weighted by Gasteiger charge is -2.27. The molecule has 0 unspecified atom stereocenters. The molecule has 2 amide bonds. The molecule has 26 heavy (non-hydrogen) atoms. The lowest BCUT2D eigenvalue weighted by atomic mass is 9.96. The maximum Gasteiger partial charge on any atom is 0.239 e. The molecule has 0 aromatic heterocycles.